The molecule has 23 atom stereocenters. The van der Waals surface area contributed by atoms with E-state index in [2.05, 4.69) is 19.7 Å². The first kappa shape index (κ1) is 125. The average molecular weight is 2080 g/mol. The molecule has 23 unspecified atom stereocenters. The Morgan fingerprint density at radius 2 is 0.556 bits per heavy atom. The number of fused-ring (bicyclic) bond motifs is 2. The number of carbonyl (C=O) groups is 6. The molecule has 0 amide bonds. The van der Waals surface area contributed by atoms with Gasteiger partial charge in [0, 0.05) is 62.1 Å². The predicted octanol–water partition coefficient (Wildman–Crippen LogP) is 17.9. The van der Waals surface area contributed by atoms with Gasteiger partial charge in [-0.05, 0) is 311 Å². The van der Waals surface area contributed by atoms with E-state index in [1.54, 1.807) is 96.9 Å². The van der Waals surface area contributed by atoms with Crippen molar-refractivity contribution < 1.29 is 197 Å². The fourth-order valence-corrected chi connectivity index (χ4v) is 23.3. The van der Waals surface area contributed by atoms with Crippen LogP contribution in [-0.2, 0) is 95.1 Å². The monoisotopic (exact) mass is 2080 g/mol. The van der Waals surface area contributed by atoms with Gasteiger partial charge in [0.15, 0.2) is 47.8 Å². The van der Waals surface area contributed by atoms with Crippen LogP contribution < -0.4 is 0 Å². The molecule has 10 rings (SSSR count). The van der Waals surface area contributed by atoms with E-state index in [4.69, 9.17) is 66.3 Å². The largest absolute Gasteiger partial charge is 0.457 e. The summed E-state index contributed by atoms with van der Waals surface area (Å²) in [5.74, 6) is -6.81. The van der Waals surface area contributed by atoms with E-state index in [0.717, 1.165) is 34.1 Å². The highest BCUT2D eigenvalue weighted by Gasteiger charge is 2.80. The number of esters is 6. The zero-order valence-electron chi connectivity index (χ0n) is 88.4. The molecular formula is C100H157F15O27. The van der Waals surface area contributed by atoms with Crippen LogP contribution in [0.3, 0.4) is 0 Å². The highest BCUT2D eigenvalue weighted by atomic mass is 19.4. The van der Waals surface area contributed by atoms with Gasteiger partial charge in [-0.15, -0.1) is 0 Å². The highest BCUT2D eigenvalue weighted by molar-refractivity contribution is 5.90. The third-order valence-electron chi connectivity index (χ3n) is 33.4. The van der Waals surface area contributed by atoms with E-state index >= 15 is 0 Å². The lowest BCUT2D eigenvalue weighted by atomic mass is 9.31. The fraction of sp³-hybridized carbons (Fsp3) is 0.880. The first-order valence-corrected chi connectivity index (χ1v) is 47.7. The molecule has 824 valence electrons. The second-order valence-electron chi connectivity index (χ2n) is 47.9. The van der Waals surface area contributed by atoms with Crippen molar-refractivity contribution >= 4 is 35.8 Å². The minimum atomic E-state index is -5.09. The van der Waals surface area contributed by atoms with Crippen LogP contribution in [0.1, 0.15) is 312 Å². The molecule has 8 aliphatic carbocycles. The molecule has 2 saturated heterocycles. The van der Waals surface area contributed by atoms with Crippen LogP contribution in [0, 0.1) is 44.8 Å². The number of halogens is 15. The van der Waals surface area contributed by atoms with E-state index < -0.39 is 276 Å². The number of hydrogen-bond donors (Lipinski definition) is 7. The van der Waals surface area contributed by atoms with E-state index in [0.29, 0.717) is 66.7 Å². The molecule has 0 aromatic heterocycles. The summed E-state index contributed by atoms with van der Waals surface area (Å²) in [6.45, 7) is 53.9. The van der Waals surface area contributed by atoms with Crippen LogP contribution in [0.2, 0.25) is 0 Å². The molecule has 10 fully saturated rings. The molecule has 10 bridgehead atoms. The van der Waals surface area contributed by atoms with Gasteiger partial charge in [0.2, 0.25) is 0 Å². The molecule has 2 aliphatic heterocycles. The highest BCUT2D eigenvalue weighted by Crippen LogP contribution is 2.80. The van der Waals surface area contributed by atoms with Crippen LogP contribution >= 0.6 is 0 Å². The minimum absolute atomic E-state index is 0.000575. The SMILES string of the molecule is C=C(C)C(=O)OCC(=O)OC12CC3(C(C)(C)OC(C)C(C)(C)O)CC(C(C)(C)OC(C)C(C)(O)C(F)(F)F)(C1)CC(C(C)(C)OC(C)C(C)(O)C(F)(F)F)(C2)C3.C=C(C)C(=O)OCC(=O)OC12CC3CC(C(C)(C)OC(C)C(C)(C)O)(C1)CC(C(C)(C)OC(C)C(C)(O)C(F)(F)F)(C3)C2.C=C(C)C(=O)OCC(=O)OC1CC2OC1C(C(C)(C)OC(C)C(C)(O)C(F)(F)F)C2C(C)(C)OC(C)C(C)(O)C(F)(F)F. The van der Waals surface area contributed by atoms with Gasteiger partial charge in [0.1, 0.15) is 23.4 Å². The zero-order valence-corrected chi connectivity index (χ0v) is 88.4. The van der Waals surface area contributed by atoms with Crippen molar-refractivity contribution in [2.75, 3.05) is 19.8 Å². The Labute approximate surface area is 823 Å². The Balaban J connectivity index is 0.000000330. The number of carbonyl (C=O) groups excluding carboxylic acids is 6. The van der Waals surface area contributed by atoms with Crippen LogP contribution in [0.25, 0.3) is 0 Å². The summed E-state index contributed by atoms with van der Waals surface area (Å²) in [7, 11) is 0. The van der Waals surface area contributed by atoms with Gasteiger partial charge in [-0.2, -0.15) is 65.9 Å². The lowest BCUT2D eigenvalue weighted by Crippen LogP contribution is -2.77. The maximum atomic E-state index is 14.2. The molecular weight excluding hydrogens is 1920 g/mol. The lowest BCUT2D eigenvalue weighted by molar-refractivity contribution is -0.370. The van der Waals surface area contributed by atoms with Crippen LogP contribution in [-0.4, -0.2) is 273 Å². The van der Waals surface area contributed by atoms with Gasteiger partial charge in [-0.25, -0.2) is 28.8 Å². The topological polar surface area (TPSA) is 373 Å². The zero-order chi connectivity index (χ0) is 111. The van der Waals surface area contributed by atoms with Crippen molar-refractivity contribution in [3.63, 3.8) is 0 Å². The summed E-state index contributed by atoms with van der Waals surface area (Å²) in [5.41, 5.74) is -35.4. The first-order valence-electron chi connectivity index (χ1n) is 47.7. The Morgan fingerprint density at radius 3 is 0.824 bits per heavy atom. The van der Waals surface area contributed by atoms with Crippen molar-refractivity contribution in [1.82, 2.24) is 0 Å². The molecule has 142 heavy (non-hydrogen) atoms. The molecule has 8 saturated carbocycles. The summed E-state index contributed by atoms with van der Waals surface area (Å²) in [4.78, 5) is 75.1. The third kappa shape index (κ3) is 25.3. The Bertz CT molecular complexity index is 4480. The first-order chi connectivity index (χ1) is 62.8. The van der Waals surface area contributed by atoms with Gasteiger partial charge >= 0.3 is 66.7 Å². The molecule has 10 aliphatic rings. The standard InChI is InChI=1S/C40H64F6O10.C32H51F3O8.C28H42F6O9/c1-23(2)28(48)52-16-27(47)56-38-20-35(30(8,9)53-24(3)29(6,7)49)17-36(21-38,31(10,11)54-25(4)33(14,50)39(41,42)43)19-37(18-35,22-38)32(12,13)55-26(5)34(15,51)40(44,45)46;1-19(2)24(37)40-15-23(36)43-31-14-22-12-29(17-31,26(7,8)41-20(3)25(5,6)38)16-30(13-22,18-31)27(9,10)42-21(4)28(11,39)32(33,34)35;1-13(2)22(36)39-12-18(35)40-17-11-16-19(23(5,6)42-14(3)25(9,37)27(29,30)31)20(21(17)41-16)24(7,8)43-15(4)26(10,38)28(32,33)34/h24-26,49-51H,1,16-22H2,2-15H3;20-22,38-39H,1,12-18H2,2-11H3;14-17,19-21,37-38H,1,11-12H2,2-10H3. The molecule has 2 heterocycles. The number of rotatable bonds is 40. The molecule has 0 aromatic rings. The van der Waals surface area contributed by atoms with Crippen molar-refractivity contribution in [3.8, 4) is 0 Å². The Morgan fingerprint density at radius 1 is 0.324 bits per heavy atom. The van der Waals surface area contributed by atoms with Gasteiger partial charge < -0.3 is 102 Å². The summed E-state index contributed by atoms with van der Waals surface area (Å²) < 4.78 is 291. The van der Waals surface area contributed by atoms with Crippen molar-refractivity contribution in [2.24, 2.45) is 44.8 Å². The lowest BCUT2D eigenvalue weighted by Gasteiger charge is -2.77. The van der Waals surface area contributed by atoms with E-state index in [-0.39, 0.29) is 67.6 Å². The third-order valence-corrected chi connectivity index (χ3v) is 33.4. The summed E-state index contributed by atoms with van der Waals surface area (Å²) in [6.07, 6.45) is -34.5. The molecule has 0 aromatic carbocycles. The van der Waals surface area contributed by atoms with Crippen LogP contribution in [0.4, 0.5) is 65.9 Å². The van der Waals surface area contributed by atoms with Crippen molar-refractivity contribution in [1.29, 1.82) is 0 Å². The van der Waals surface area contributed by atoms with Crippen molar-refractivity contribution in [3.05, 3.63) is 36.5 Å². The molecule has 27 nitrogen and oxygen atoms in total. The number of ether oxygens (including phenoxy) is 14. The van der Waals surface area contributed by atoms with E-state index in [1.165, 1.54) is 55.4 Å². The quantitative estimate of drug-likeness (QED) is 0.0130. The van der Waals surface area contributed by atoms with Crippen molar-refractivity contribution in [2.45, 2.75) is 493 Å². The second-order valence-corrected chi connectivity index (χ2v) is 47.9. The van der Waals surface area contributed by atoms with E-state index in [1.807, 2.05) is 13.8 Å². The fourth-order valence-electron chi connectivity index (χ4n) is 23.3. The minimum Gasteiger partial charge on any atom is -0.457 e. The maximum Gasteiger partial charge on any atom is 0.419 e. The Kier molecular flexibility index (Phi) is 35.5. The number of aliphatic hydroxyl groups is 7. The van der Waals surface area contributed by atoms with Crippen LogP contribution in [0.5, 0.6) is 0 Å². The smallest absolute Gasteiger partial charge is 0.419 e. The average Bonchev–Trinajstić information content (AvgIpc) is 0.741. The second kappa shape index (κ2) is 40.3. The molecule has 0 radical (unpaired) electrons. The maximum absolute atomic E-state index is 14.2. The number of hydrogen-bond acceptors (Lipinski definition) is 27. The molecule has 0 spiro atoms. The summed E-state index contributed by atoms with van der Waals surface area (Å²) in [5, 5.41) is 73.9. The van der Waals surface area contributed by atoms with Gasteiger partial charge in [-0.1, -0.05) is 19.7 Å². The van der Waals surface area contributed by atoms with Gasteiger partial charge in [0.25, 0.3) is 0 Å². The summed E-state index contributed by atoms with van der Waals surface area (Å²) >= 11 is 0. The Hall–Kier alpha value is -5.61. The molecule has 42 heteroatoms. The number of alkyl halides is 15. The summed E-state index contributed by atoms with van der Waals surface area (Å²) in [6, 6.07) is 0. The van der Waals surface area contributed by atoms with Gasteiger partial charge in [0.05, 0.1) is 99.2 Å². The van der Waals surface area contributed by atoms with E-state index in [9.17, 15) is 130 Å². The molecule has 7 N–H and O–H groups in total. The predicted molar refractivity (Wildman–Crippen MR) is 485 cm³/mol. The normalized spacial score (nSPS) is 30.8. The van der Waals surface area contributed by atoms with Gasteiger partial charge in [-0.3, -0.25) is 0 Å². The van der Waals surface area contributed by atoms with Crippen LogP contribution in [0.15, 0.2) is 36.5 Å².